The maximum Gasteiger partial charge on any atom is 0.251 e. The summed E-state index contributed by atoms with van der Waals surface area (Å²) in [5, 5.41) is 2.87. The SMILES string of the molecule is Cc1ccccc1CNC(=O)c1ccc(Cl)c(S(=O)(=O)NC(C)(C)C)c1. The van der Waals surface area contributed by atoms with Crippen molar-refractivity contribution in [2.45, 2.75) is 44.7 Å². The molecule has 2 N–H and O–H groups in total. The van der Waals surface area contributed by atoms with Crippen molar-refractivity contribution in [3.05, 3.63) is 64.2 Å². The monoisotopic (exact) mass is 394 g/mol. The summed E-state index contributed by atoms with van der Waals surface area (Å²) in [4.78, 5) is 12.3. The number of hydrogen-bond acceptors (Lipinski definition) is 3. The summed E-state index contributed by atoms with van der Waals surface area (Å²) in [6.45, 7) is 7.52. The summed E-state index contributed by atoms with van der Waals surface area (Å²) in [5.41, 5.74) is 1.64. The number of aryl methyl sites for hydroxylation is 1. The molecule has 1 amide bonds. The van der Waals surface area contributed by atoms with Gasteiger partial charge >= 0.3 is 0 Å². The van der Waals surface area contributed by atoms with Gasteiger partial charge in [-0.05, 0) is 57.0 Å². The molecule has 0 atom stereocenters. The van der Waals surface area contributed by atoms with E-state index in [0.29, 0.717) is 6.54 Å². The molecule has 0 saturated carbocycles. The molecule has 0 bridgehead atoms. The van der Waals surface area contributed by atoms with Crippen molar-refractivity contribution in [2.24, 2.45) is 0 Å². The first-order chi connectivity index (χ1) is 12.0. The highest BCUT2D eigenvalue weighted by Crippen LogP contribution is 2.24. The standard InChI is InChI=1S/C19H23ClN2O3S/c1-13-7-5-6-8-15(13)12-21-18(23)14-9-10-16(20)17(11-14)26(24,25)22-19(2,3)4/h5-11,22H,12H2,1-4H3,(H,21,23). The van der Waals surface area contributed by atoms with Gasteiger partial charge in [-0.2, -0.15) is 0 Å². The van der Waals surface area contributed by atoms with Crippen LogP contribution in [0.15, 0.2) is 47.4 Å². The van der Waals surface area contributed by atoms with E-state index in [-0.39, 0.29) is 21.4 Å². The van der Waals surface area contributed by atoms with Gasteiger partial charge in [-0.25, -0.2) is 13.1 Å². The molecule has 2 aromatic rings. The highest BCUT2D eigenvalue weighted by Gasteiger charge is 2.25. The Bertz CT molecular complexity index is 919. The van der Waals surface area contributed by atoms with Gasteiger partial charge in [0.2, 0.25) is 10.0 Å². The first-order valence-corrected chi connectivity index (χ1v) is 10.0. The van der Waals surface area contributed by atoms with E-state index in [1.165, 1.54) is 18.2 Å². The van der Waals surface area contributed by atoms with Crippen molar-refractivity contribution in [3.8, 4) is 0 Å². The van der Waals surface area contributed by atoms with Gasteiger partial charge in [0.1, 0.15) is 4.90 Å². The zero-order valence-corrected chi connectivity index (χ0v) is 16.8. The molecule has 0 unspecified atom stereocenters. The number of nitrogens with one attached hydrogen (secondary N) is 2. The quantitative estimate of drug-likeness (QED) is 0.812. The van der Waals surface area contributed by atoms with Gasteiger partial charge in [-0.1, -0.05) is 35.9 Å². The Kier molecular flexibility index (Phi) is 6.11. The molecular weight excluding hydrogens is 372 g/mol. The molecule has 0 aliphatic rings. The second-order valence-corrected chi connectivity index (χ2v) is 9.17. The fourth-order valence-corrected chi connectivity index (χ4v) is 4.34. The molecule has 0 saturated heterocycles. The maximum absolute atomic E-state index is 12.5. The third-order valence-corrected chi connectivity index (χ3v) is 5.86. The Labute approximate surface area is 159 Å². The Hall–Kier alpha value is -1.89. The van der Waals surface area contributed by atoms with Gasteiger partial charge < -0.3 is 5.32 Å². The summed E-state index contributed by atoms with van der Waals surface area (Å²) in [7, 11) is -3.84. The average Bonchev–Trinajstić information content (AvgIpc) is 2.51. The third kappa shape index (κ3) is 5.30. The van der Waals surface area contributed by atoms with E-state index in [2.05, 4.69) is 10.0 Å². The molecule has 2 aromatic carbocycles. The maximum atomic E-state index is 12.5. The first-order valence-electron chi connectivity index (χ1n) is 8.16. The molecule has 0 aromatic heterocycles. The predicted molar refractivity (Wildman–Crippen MR) is 104 cm³/mol. The number of amides is 1. The number of benzene rings is 2. The van der Waals surface area contributed by atoms with Crippen molar-refractivity contribution in [2.75, 3.05) is 0 Å². The van der Waals surface area contributed by atoms with Gasteiger partial charge in [0, 0.05) is 17.6 Å². The van der Waals surface area contributed by atoms with Crippen LogP contribution in [0.3, 0.4) is 0 Å². The van der Waals surface area contributed by atoms with Crippen LogP contribution in [-0.4, -0.2) is 19.9 Å². The van der Waals surface area contributed by atoms with Gasteiger partial charge in [-0.3, -0.25) is 4.79 Å². The summed E-state index contributed by atoms with van der Waals surface area (Å²) < 4.78 is 27.6. The molecule has 0 spiro atoms. The van der Waals surface area contributed by atoms with E-state index in [1.54, 1.807) is 20.8 Å². The lowest BCUT2D eigenvalue weighted by Gasteiger charge is -2.21. The Morgan fingerprint density at radius 1 is 1.12 bits per heavy atom. The molecule has 0 aliphatic carbocycles. The molecule has 26 heavy (non-hydrogen) atoms. The number of hydrogen-bond donors (Lipinski definition) is 2. The van der Waals surface area contributed by atoms with E-state index in [0.717, 1.165) is 11.1 Å². The molecule has 0 heterocycles. The minimum absolute atomic E-state index is 0.0669. The zero-order valence-electron chi connectivity index (χ0n) is 15.3. The zero-order chi connectivity index (χ0) is 19.5. The van der Waals surface area contributed by atoms with Gasteiger partial charge in [0.05, 0.1) is 5.02 Å². The highest BCUT2D eigenvalue weighted by molar-refractivity contribution is 7.89. The molecule has 7 heteroatoms. The van der Waals surface area contributed by atoms with Crippen LogP contribution in [0, 0.1) is 6.92 Å². The molecule has 0 fully saturated rings. The minimum atomic E-state index is -3.84. The van der Waals surface area contributed by atoms with Gasteiger partial charge in [0.25, 0.3) is 5.91 Å². The van der Waals surface area contributed by atoms with Crippen molar-refractivity contribution >= 4 is 27.5 Å². The van der Waals surface area contributed by atoms with Gasteiger partial charge in [-0.15, -0.1) is 0 Å². The summed E-state index contributed by atoms with van der Waals surface area (Å²) in [6, 6.07) is 11.9. The molecule has 2 rings (SSSR count). The molecular formula is C19H23ClN2O3S. The lowest BCUT2D eigenvalue weighted by Crippen LogP contribution is -2.40. The van der Waals surface area contributed by atoms with Crippen LogP contribution < -0.4 is 10.0 Å². The van der Waals surface area contributed by atoms with E-state index in [9.17, 15) is 13.2 Å². The lowest BCUT2D eigenvalue weighted by molar-refractivity contribution is 0.0950. The molecule has 0 radical (unpaired) electrons. The van der Waals surface area contributed by atoms with E-state index in [1.807, 2.05) is 31.2 Å². The number of carbonyl (C=O) groups is 1. The third-order valence-electron chi connectivity index (χ3n) is 3.62. The highest BCUT2D eigenvalue weighted by atomic mass is 35.5. The van der Waals surface area contributed by atoms with Crippen LogP contribution in [0.5, 0.6) is 0 Å². The van der Waals surface area contributed by atoms with E-state index in [4.69, 9.17) is 11.6 Å². The second kappa shape index (κ2) is 7.78. The average molecular weight is 395 g/mol. The van der Waals surface area contributed by atoms with Crippen molar-refractivity contribution in [1.29, 1.82) is 0 Å². The smallest absolute Gasteiger partial charge is 0.251 e. The van der Waals surface area contributed by atoms with E-state index < -0.39 is 15.6 Å². The van der Waals surface area contributed by atoms with Crippen LogP contribution in [-0.2, 0) is 16.6 Å². The normalized spacial score (nSPS) is 12.0. The van der Waals surface area contributed by atoms with Crippen LogP contribution >= 0.6 is 11.6 Å². The van der Waals surface area contributed by atoms with Crippen LogP contribution in [0.4, 0.5) is 0 Å². The topological polar surface area (TPSA) is 75.3 Å². The Morgan fingerprint density at radius 3 is 2.38 bits per heavy atom. The fraction of sp³-hybridized carbons (Fsp3) is 0.316. The molecule has 0 aliphatic heterocycles. The fourth-order valence-electron chi connectivity index (χ4n) is 2.39. The number of rotatable bonds is 5. The summed E-state index contributed by atoms with van der Waals surface area (Å²) >= 11 is 6.06. The van der Waals surface area contributed by atoms with Crippen LogP contribution in [0.25, 0.3) is 0 Å². The Morgan fingerprint density at radius 2 is 1.77 bits per heavy atom. The van der Waals surface area contributed by atoms with Gasteiger partial charge in [0.15, 0.2) is 0 Å². The van der Waals surface area contributed by atoms with Crippen LogP contribution in [0.1, 0.15) is 42.3 Å². The number of halogens is 1. The summed E-state index contributed by atoms with van der Waals surface area (Å²) in [6.07, 6.45) is 0. The lowest BCUT2D eigenvalue weighted by atomic mass is 10.1. The van der Waals surface area contributed by atoms with Crippen molar-refractivity contribution < 1.29 is 13.2 Å². The largest absolute Gasteiger partial charge is 0.348 e. The number of sulfonamides is 1. The van der Waals surface area contributed by atoms with E-state index >= 15 is 0 Å². The summed E-state index contributed by atoms with van der Waals surface area (Å²) in [5.74, 6) is -0.364. The van der Waals surface area contributed by atoms with Crippen LogP contribution in [0.2, 0.25) is 5.02 Å². The second-order valence-electron chi connectivity index (χ2n) is 7.11. The number of carbonyl (C=O) groups excluding carboxylic acids is 1. The van der Waals surface area contributed by atoms with Crippen molar-refractivity contribution in [1.82, 2.24) is 10.0 Å². The first kappa shape index (κ1) is 20.4. The Balaban J connectivity index is 2.23. The van der Waals surface area contributed by atoms with Crippen molar-refractivity contribution in [3.63, 3.8) is 0 Å². The molecule has 140 valence electrons. The molecule has 5 nitrogen and oxygen atoms in total. The minimum Gasteiger partial charge on any atom is -0.348 e. The predicted octanol–water partition coefficient (Wildman–Crippen LogP) is 3.66.